The number of sulfone groups is 1. The maximum Gasteiger partial charge on any atom is 0.340 e. The summed E-state index contributed by atoms with van der Waals surface area (Å²) in [7, 11) is -3.36. The monoisotopic (exact) mass is 360 g/mol. The van der Waals surface area contributed by atoms with Crippen molar-refractivity contribution in [2.45, 2.75) is 37.2 Å². The van der Waals surface area contributed by atoms with Gasteiger partial charge in [-0.15, -0.1) is 0 Å². The van der Waals surface area contributed by atoms with Crippen LogP contribution in [0.5, 0.6) is 0 Å². The van der Waals surface area contributed by atoms with Gasteiger partial charge in [-0.05, 0) is 32.0 Å². The summed E-state index contributed by atoms with van der Waals surface area (Å²) in [5.74, 6) is -0.208. The van der Waals surface area contributed by atoms with Crippen molar-refractivity contribution < 1.29 is 23.3 Å². The first-order valence-electron chi connectivity index (χ1n) is 7.66. The molecule has 0 spiro atoms. The lowest BCUT2D eigenvalue weighted by atomic mass is 9.83. The summed E-state index contributed by atoms with van der Waals surface area (Å²) in [6, 6.07) is 4.07. The van der Waals surface area contributed by atoms with E-state index in [9.17, 15) is 13.2 Å². The minimum Gasteiger partial charge on any atom is -0.456 e. The zero-order valence-electron chi connectivity index (χ0n) is 13.6. The van der Waals surface area contributed by atoms with Crippen LogP contribution in [0.1, 0.15) is 37.0 Å². The van der Waals surface area contributed by atoms with Gasteiger partial charge in [0.05, 0.1) is 28.6 Å². The van der Waals surface area contributed by atoms with E-state index >= 15 is 0 Å². The quantitative estimate of drug-likeness (QED) is 0.828. The molecule has 0 unspecified atom stereocenters. The third kappa shape index (κ3) is 4.46. The SMILES string of the molecule is CC(C)(OC(=O)c1ccc(S(C)(=O)=O)cc1Cl)C1CC[NH2+]CC1. The van der Waals surface area contributed by atoms with Crippen LogP contribution < -0.4 is 5.32 Å². The third-order valence-corrected chi connectivity index (χ3v) is 5.79. The zero-order valence-corrected chi connectivity index (χ0v) is 15.2. The summed E-state index contributed by atoms with van der Waals surface area (Å²) >= 11 is 6.07. The molecule has 23 heavy (non-hydrogen) atoms. The highest BCUT2D eigenvalue weighted by atomic mass is 35.5. The Morgan fingerprint density at radius 2 is 1.91 bits per heavy atom. The second-order valence-corrected chi connectivity index (χ2v) is 8.97. The maximum absolute atomic E-state index is 12.4. The second kappa shape index (κ2) is 6.79. The van der Waals surface area contributed by atoms with Crippen molar-refractivity contribution in [1.82, 2.24) is 0 Å². The summed E-state index contributed by atoms with van der Waals surface area (Å²) in [5.41, 5.74) is -0.390. The van der Waals surface area contributed by atoms with E-state index in [1.54, 1.807) is 0 Å². The minimum absolute atomic E-state index is 0.0844. The highest BCUT2D eigenvalue weighted by Crippen LogP contribution is 2.30. The first-order valence-corrected chi connectivity index (χ1v) is 9.93. The molecule has 1 heterocycles. The Hall–Kier alpha value is -1.11. The Balaban J connectivity index is 2.17. The van der Waals surface area contributed by atoms with Crippen LogP contribution in [0, 0.1) is 5.92 Å². The number of benzene rings is 1. The van der Waals surface area contributed by atoms with Crippen LogP contribution in [-0.2, 0) is 14.6 Å². The third-order valence-electron chi connectivity index (χ3n) is 4.37. The van der Waals surface area contributed by atoms with Crippen LogP contribution in [0.25, 0.3) is 0 Å². The molecule has 128 valence electrons. The standard InChI is InChI=1S/C16H22ClNO4S/c1-16(2,11-6-8-18-9-7-11)22-15(19)13-5-4-12(10-14(13)17)23(3,20)21/h4-5,10-11,18H,6-9H2,1-3H3/p+1. The fourth-order valence-corrected chi connectivity index (χ4v) is 3.86. The van der Waals surface area contributed by atoms with Gasteiger partial charge in [0.25, 0.3) is 0 Å². The molecule has 0 bridgehead atoms. The Morgan fingerprint density at radius 3 is 2.43 bits per heavy atom. The fourth-order valence-electron chi connectivity index (χ4n) is 2.89. The van der Waals surface area contributed by atoms with Gasteiger partial charge in [0.15, 0.2) is 9.84 Å². The van der Waals surface area contributed by atoms with Crippen LogP contribution in [-0.4, -0.2) is 39.3 Å². The number of quaternary nitrogens is 1. The molecule has 1 aliphatic heterocycles. The first-order chi connectivity index (χ1) is 10.6. The van der Waals surface area contributed by atoms with Gasteiger partial charge in [-0.2, -0.15) is 0 Å². The van der Waals surface area contributed by atoms with E-state index in [0.717, 1.165) is 32.2 Å². The maximum atomic E-state index is 12.4. The molecule has 0 aromatic heterocycles. The molecule has 1 aromatic rings. The molecule has 0 atom stereocenters. The summed E-state index contributed by atoms with van der Waals surface area (Å²) in [5, 5.41) is 2.35. The van der Waals surface area contributed by atoms with Crippen molar-refractivity contribution in [2.24, 2.45) is 5.92 Å². The van der Waals surface area contributed by atoms with E-state index in [0.29, 0.717) is 5.92 Å². The topological polar surface area (TPSA) is 77.1 Å². The number of hydrogen-bond acceptors (Lipinski definition) is 4. The molecule has 2 rings (SSSR count). The number of carbonyl (C=O) groups is 1. The van der Waals surface area contributed by atoms with Crippen LogP contribution >= 0.6 is 11.6 Å². The predicted molar refractivity (Wildman–Crippen MR) is 88.4 cm³/mol. The molecule has 1 fully saturated rings. The number of hydrogen-bond donors (Lipinski definition) is 1. The Kier molecular flexibility index (Phi) is 5.38. The molecule has 1 aliphatic rings. The van der Waals surface area contributed by atoms with Gasteiger partial charge in [-0.25, -0.2) is 13.2 Å². The van der Waals surface area contributed by atoms with Gasteiger partial charge in [0, 0.05) is 25.0 Å². The summed E-state index contributed by atoms with van der Waals surface area (Å²) in [4.78, 5) is 12.5. The van der Waals surface area contributed by atoms with E-state index in [1.165, 1.54) is 18.2 Å². The fraction of sp³-hybridized carbons (Fsp3) is 0.562. The minimum atomic E-state index is -3.36. The summed E-state index contributed by atoms with van der Waals surface area (Å²) < 4.78 is 28.7. The lowest BCUT2D eigenvalue weighted by Crippen LogP contribution is -2.86. The summed E-state index contributed by atoms with van der Waals surface area (Å²) in [6.07, 6.45) is 3.10. The van der Waals surface area contributed by atoms with Gasteiger partial charge < -0.3 is 10.1 Å². The molecular weight excluding hydrogens is 338 g/mol. The molecule has 1 aromatic carbocycles. The second-order valence-electron chi connectivity index (χ2n) is 6.55. The van der Waals surface area contributed by atoms with E-state index in [2.05, 4.69) is 5.32 Å². The molecule has 1 saturated heterocycles. The Morgan fingerprint density at radius 1 is 1.30 bits per heavy atom. The largest absolute Gasteiger partial charge is 0.456 e. The summed E-state index contributed by atoms with van der Waals surface area (Å²) in [6.45, 7) is 5.91. The molecule has 0 aliphatic carbocycles. The molecule has 0 amide bonds. The highest BCUT2D eigenvalue weighted by molar-refractivity contribution is 7.90. The van der Waals surface area contributed by atoms with E-state index in [4.69, 9.17) is 16.3 Å². The first kappa shape index (κ1) is 18.2. The van der Waals surface area contributed by atoms with Crippen molar-refractivity contribution in [3.05, 3.63) is 28.8 Å². The van der Waals surface area contributed by atoms with Crippen LogP contribution in [0.15, 0.2) is 23.1 Å². The van der Waals surface area contributed by atoms with E-state index in [1.807, 2.05) is 13.8 Å². The van der Waals surface area contributed by atoms with Gasteiger partial charge in [0.2, 0.25) is 0 Å². The van der Waals surface area contributed by atoms with Gasteiger partial charge in [-0.3, -0.25) is 0 Å². The number of esters is 1. The zero-order chi connectivity index (χ0) is 17.3. The lowest BCUT2D eigenvalue weighted by Gasteiger charge is -2.35. The predicted octanol–water partition coefficient (Wildman–Crippen LogP) is 1.65. The average Bonchev–Trinajstić information content (AvgIpc) is 2.46. The molecule has 0 radical (unpaired) electrons. The van der Waals surface area contributed by atoms with E-state index < -0.39 is 21.4 Å². The van der Waals surface area contributed by atoms with Crippen LogP contribution in [0.4, 0.5) is 0 Å². The van der Waals surface area contributed by atoms with Gasteiger partial charge in [0.1, 0.15) is 5.60 Å². The number of carbonyl (C=O) groups excluding carboxylic acids is 1. The van der Waals surface area contributed by atoms with Crippen LogP contribution in [0.2, 0.25) is 5.02 Å². The van der Waals surface area contributed by atoms with Gasteiger partial charge in [-0.1, -0.05) is 11.6 Å². The normalized spacial score (nSPS) is 17.0. The van der Waals surface area contributed by atoms with Crippen LogP contribution in [0.3, 0.4) is 0 Å². The average molecular weight is 361 g/mol. The smallest absolute Gasteiger partial charge is 0.340 e. The number of halogens is 1. The lowest BCUT2D eigenvalue weighted by molar-refractivity contribution is -0.665. The number of rotatable bonds is 4. The highest BCUT2D eigenvalue weighted by Gasteiger charge is 2.36. The van der Waals surface area contributed by atoms with Gasteiger partial charge >= 0.3 is 5.97 Å². The number of ether oxygens (including phenoxy) is 1. The molecule has 7 heteroatoms. The van der Waals surface area contributed by atoms with Crippen molar-refractivity contribution in [2.75, 3.05) is 19.3 Å². The Labute approximate surface area is 142 Å². The Bertz CT molecular complexity index is 694. The van der Waals surface area contributed by atoms with Crippen molar-refractivity contribution >= 4 is 27.4 Å². The molecule has 0 saturated carbocycles. The van der Waals surface area contributed by atoms with Crippen molar-refractivity contribution in [3.8, 4) is 0 Å². The number of piperidine rings is 1. The molecule has 2 N–H and O–H groups in total. The van der Waals surface area contributed by atoms with E-state index in [-0.39, 0.29) is 15.5 Å². The molecule has 5 nitrogen and oxygen atoms in total. The van der Waals surface area contributed by atoms with Crippen molar-refractivity contribution in [1.29, 1.82) is 0 Å². The van der Waals surface area contributed by atoms with Crippen molar-refractivity contribution in [3.63, 3.8) is 0 Å². The number of nitrogens with two attached hydrogens (primary N) is 1. The molecular formula is C16H23ClNO4S+.